The zero-order chi connectivity index (χ0) is 19.1. The molecule has 3 rings (SSSR count). The number of aromatic nitrogens is 3. The molecule has 0 unspecified atom stereocenters. The van der Waals surface area contributed by atoms with Crippen molar-refractivity contribution in [3.05, 3.63) is 58.7 Å². The predicted octanol–water partition coefficient (Wildman–Crippen LogP) is 3.12. The van der Waals surface area contributed by atoms with E-state index in [1.165, 1.54) is 18.2 Å². The molecular formula is C17H11F3N4O2. The molecule has 2 aromatic heterocycles. The number of ketones is 1. The third kappa shape index (κ3) is 2.86. The Morgan fingerprint density at radius 3 is 2.73 bits per heavy atom. The van der Waals surface area contributed by atoms with Crippen LogP contribution in [0.2, 0.25) is 0 Å². The van der Waals surface area contributed by atoms with Crippen molar-refractivity contribution in [2.75, 3.05) is 0 Å². The molecule has 0 amide bonds. The van der Waals surface area contributed by atoms with Crippen LogP contribution >= 0.6 is 0 Å². The second-order valence-corrected chi connectivity index (χ2v) is 5.44. The topological polar surface area (TPSA) is 91.3 Å². The van der Waals surface area contributed by atoms with E-state index in [1.807, 2.05) is 0 Å². The Labute approximate surface area is 145 Å². The summed E-state index contributed by atoms with van der Waals surface area (Å²) in [6, 6.07) is 5.39. The highest BCUT2D eigenvalue weighted by Gasteiger charge is 2.32. The monoisotopic (exact) mass is 360 g/mol. The molecule has 3 aromatic rings. The molecular weight excluding hydrogens is 349 g/mol. The number of nitriles is 1. The van der Waals surface area contributed by atoms with E-state index in [4.69, 9.17) is 5.26 Å². The fraction of sp³-hybridized carbons (Fsp3) is 0.176. The summed E-state index contributed by atoms with van der Waals surface area (Å²) in [6.07, 6.45) is -2.89. The van der Waals surface area contributed by atoms with Crippen molar-refractivity contribution in [1.29, 1.82) is 5.26 Å². The molecule has 0 aliphatic carbocycles. The van der Waals surface area contributed by atoms with Crippen molar-refractivity contribution in [1.82, 2.24) is 14.4 Å². The van der Waals surface area contributed by atoms with Crippen LogP contribution in [0.25, 0.3) is 5.78 Å². The number of aromatic hydroxyl groups is 1. The van der Waals surface area contributed by atoms with Crippen molar-refractivity contribution >= 4 is 11.6 Å². The lowest BCUT2D eigenvalue weighted by Gasteiger charge is -2.08. The van der Waals surface area contributed by atoms with E-state index in [-0.39, 0.29) is 34.0 Å². The van der Waals surface area contributed by atoms with Gasteiger partial charge in [-0.2, -0.15) is 18.4 Å². The van der Waals surface area contributed by atoms with E-state index in [1.54, 1.807) is 13.0 Å². The molecule has 6 nitrogen and oxygen atoms in total. The zero-order valence-electron chi connectivity index (χ0n) is 13.4. The Morgan fingerprint density at radius 2 is 2.12 bits per heavy atom. The molecule has 0 saturated heterocycles. The summed E-state index contributed by atoms with van der Waals surface area (Å²) in [4.78, 5) is 20.7. The van der Waals surface area contributed by atoms with Crippen LogP contribution in [0.1, 0.15) is 39.8 Å². The number of nitrogens with zero attached hydrogens (tertiary/aromatic N) is 4. The van der Waals surface area contributed by atoms with Crippen LogP contribution in [0, 0.1) is 11.3 Å². The molecule has 2 heterocycles. The van der Waals surface area contributed by atoms with E-state index in [0.29, 0.717) is 12.6 Å². The molecule has 0 atom stereocenters. The van der Waals surface area contributed by atoms with Crippen LogP contribution in [0.5, 0.6) is 5.75 Å². The normalized spacial score (nSPS) is 11.5. The number of phenolic OH excluding ortho intramolecular Hbond substituents is 1. The van der Waals surface area contributed by atoms with Crippen LogP contribution in [0.4, 0.5) is 13.2 Å². The first kappa shape index (κ1) is 17.4. The number of hydrogen-bond donors (Lipinski definition) is 1. The fourth-order valence-electron chi connectivity index (χ4n) is 2.52. The standard InChI is InChI=1S/C17H11F3N4O2/c1-2-12-14(15(26)9-3-4-13(25)10(5-9)6-21)24-8-11(17(18,19)20)7-22-16(24)23-12/h3-5,7-8,25H,2H2,1H3. The maximum Gasteiger partial charge on any atom is 0.419 e. The lowest BCUT2D eigenvalue weighted by atomic mass is 10.0. The number of fused-ring (bicyclic) bond motifs is 1. The lowest BCUT2D eigenvalue weighted by Crippen LogP contribution is -2.12. The van der Waals surface area contributed by atoms with Gasteiger partial charge in [0.2, 0.25) is 11.6 Å². The number of halogens is 3. The number of hydrogen-bond acceptors (Lipinski definition) is 5. The Bertz CT molecular complexity index is 1060. The van der Waals surface area contributed by atoms with Crippen LogP contribution in [-0.2, 0) is 12.6 Å². The summed E-state index contributed by atoms with van der Waals surface area (Å²) in [6.45, 7) is 1.71. The molecule has 0 aliphatic heterocycles. The van der Waals surface area contributed by atoms with Gasteiger partial charge in [-0.15, -0.1) is 0 Å². The summed E-state index contributed by atoms with van der Waals surface area (Å²) in [7, 11) is 0. The van der Waals surface area contributed by atoms with Crippen LogP contribution in [0.15, 0.2) is 30.6 Å². The second-order valence-electron chi connectivity index (χ2n) is 5.44. The largest absolute Gasteiger partial charge is 0.507 e. The van der Waals surface area contributed by atoms with E-state index >= 15 is 0 Å². The number of alkyl halides is 3. The van der Waals surface area contributed by atoms with Gasteiger partial charge in [0.25, 0.3) is 0 Å². The fourth-order valence-corrected chi connectivity index (χ4v) is 2.52. The van der Waals surface area contributed by atoms with Crippen molar-refractivity contribution in [2.45, 2.75) is 19.5 Å². The molecule has 0 saturated carbocycles. The number of aryl methyl sites for hydroxylation is 1. The van der Waals surface area contributed by atoms with Gasteiger partial charge in [-0.05, 0) is 24.6 Å². The number of phenols is 1. The highest BCUT2D eigenvalue weighted by atomic mass is 19.4. The number of imidazole rings is 1. The van der Waals surface area contributed by atoms with Crippen LogP contribution in [-0.4, -0.2) is 25.3 Å². The first-order chi connectivity index (χ1) is 12.3. The zero-order valence-corrected chi connectivity index (χ0v) is 13.4. The van der Waals surface area contributed by atoms with Crippen molar-refractivity contribution in [3.8, 4) is 11.8 Å². The molecule has 26 heavy (non-hydrogen) atoms. The van der Waals surface area contributed by atoms with Gasteiger partial charge in [-0.1, -0.05) is 6.92 Å². The van der Waals surface area contributed by atoms with Crippen LogP contribution in [0.3, 0.4) is 0 Å². The highest BCUT2D eigenvalue weighted by molar-refractivity contribution is 6.09. The third-order valence-corrected chi connectivity index (χ3v) is 3.81. The van der Waals surface area contributed by atoms with Gasteiger partial charge in [-0.25, -0.2) is 9.97 Å². The summed E-state index contributed by atoms with van der Waals surface area (Å²) in [5.74, 6) is -0.941. The smallest absolute Gasteiger partial charge is 0.419 e. The Hall–Kier alpha value is -3.41. The van der Waals surface area contributed by atoms with E-state index in [0.717, 1.165) is 10.6 Å². The minimum Gasteiger partial charge on any atom is -0.507 e. The average molecular weight is 360 g/mol. The lowest BCUT2D eigenvalue weighted by molar-refractivity contribution is -0.138. The molecule has 0 radical (unpaired) electrons. The molecule has 132 valence electrons. The summed E-state index contributed by atoms with van der Waals surface area (Å²) in [5, 5.41) is 18.5. The second kappa shape index (κ2) is 6.15. The quantitative estimate of drug-likeness (QED) is 0.725. The molecule has 0 bridgehead atoms. The van der Waals surface area contributed by atoms with Crippen molar-refractivity contribution in [3.63, 3.8) is 0 Å². The minimum absolute atomic E-state index is 0.0301. The number of carbonyl (C=O) groups is 1. The van der Waals surface area contributed by atoms with E-state index < -0.39 is 17.5 Å². The van der Waals surface area contributed by atoms with Crippen molar-refractivity contribution in [2.24, 2.45) is 0 Å². The third-order valence-electron chi connectivity index (χ3n) is 3.81. The van der Waals surface area contributed by atoms with Crippen LogP contribution < -0.4 is 0 Å². The summed E-state index contributed by atoms with van der Waals surface area (Å²) >= 11 is 0. The van der Waals surface area contributed by atoms with Gasteiger partial charge in [0.05, 0.1) is 16.8 Å². The maximum absolute atomic E-state index is 13.0. The molecule has 1 aromatic carbocycles. The first-order valence-corrected chi connectivity index (χ1v) is 7.48. The first-order valence-electron chi connectivity index (χ1n) is 7.48. The highest BCUT2D eigenvalue weighted by Crippen LogP contribution is 2.29. The number of benzene rings is 1. The maximum atomic E-state index is 13.0. The van der Waals surface area contributed by atoms with Gasteiger partial charge < -0.3 is 5.11 Å². The minimum atomic E-state index is -4.62. The molecule has 0 aliphatic rings. The van der Waals surface area contributed by atoms with Crippen molar-refractivity contribution < 1.29 is 23.1 Å². The average Bonchev–Trinajstić information content (AvgIpc) is 2.98. The van der Waals surface area contributed by atoms with Gasteiger partial charge in [-0.3, -0.25) is 9.20 Å². The summed E-state index contributed by atoms with van der Waals surface area (Å²) in [5.41, 5.74) is -0.850. The molecule has 0 spiro atoms. The number of carbonyl (C=O) groups excluding carboxylic acids is 1. The number of rotatable bonds is 3. The molecule has 1 N–H and O–H groups in total. The van der Waals surface area contributed by atoms with Gasteiger partial charge >= 0.3 is 6.18 Å². The summed E-state index contributed by atoms with van der Waals surface area (Å²) < 4.78 is 39.9. The SMILES string of the molecule is CCc1nc2ncc(C(F)(F)F)cn2c1C(=O)c1ccc(O)c(C#N)c1. The van der Waals surface area contributed by atoms with E-state index in [9.17, 15) is 23.1 Å². The molecule has 0 fully saturated rings. The Balaban J connectivity index is 2.22. The van der Waals surface area contributed by atoms with Gasteiger partial charge in [0.1, 0.15) is 17.5 Å². The molecule has 9 heteroatoms. The predicted molar refractivity (Wildman–Crippen MR) is 83.6 cm³/mol. The van der Waals surface area contributed by atoms with Gasteiger partial charge in [0.15, 0.2) is 0 Å². The van der Waals surface area contributed by atoms with Gasteiger partial charge in [0, 0.05) is 18.0 Å². The Morgan fingerprint density at radius 1 is 1.38 bits per heavy atom. The Kier molecular flexibility index (Phi) is 4.12. The van der Waals surface area contributed by atoms with E-state index in [2.05, 4.69) is 9.97 Å².